The van der Waals surface area contributed by atoms with Crippen LogP contribution in [-0.2, 0) is 14.3 Å². The number of carbonyl (C=O) groups is 2. The van der Waals surface area contributed by atoms with E-state index in [0.717, 1.165) is 5.69 Å². The number of esters is 1. The molecule has 1 amide bonds. The first kappa shape index (κ1) is 19.0. The summed E-state index contributed by atoms with van der Waals surface area (Å²) in [6.45, 7) is 1.48. The van der Waals surface area contributed by atoms with Gasteiger partial charge in [0.15, 0.2) is 10.8 Å². The quantitative estimate of drug-likeness (QED) is 0.445. The number of thiazole rings is 1. The van der Waals surface area contributed by atoms with Gasteiger partial charge in [0, 0.05) is 22.9 Å². The largest absolute Gasteiger partial charge is 0.402 e. The summed E-state index contributed by atoms with van der Waals surface area (Å²) >= 11 is 7.18. The molecule has 8 heteroatoms. The van der Waals surface area contributed by atoms with Crippen molar-refractivity contribution in [2.75, 3.05) is 4.90 Å². The minimum atomic E-state index is -0.559. The van der Waals surface area contributed by atoms with Crippen molar-refractivity contribution >= 4 is 57.6 Å². The molecule has 3 aromatic rings. The summed E-state index contributed by atoms with van der Waals surface area (Å²) in [6.07, 6.45) is 1.54. The number of para-hydroxylation sites is 1. The predicted octanol–water partition coefficient (Wildman–Crippen LogP) is 4.83. The molecule has 0 atom stereocenters. The van der Waals surface area contributed by atoms with E-state index in [4.69, 9.17) is 16.3 Å². The smallest absolute Gasteiger partial charge is 0.363 e. The van der Waals surface area contributed by atoms with E-state index in [1.807, 2.05) is 30.3 Å². The summed E-state index contributed by atoms with van der Waals surface area (Å²) < 4.78 is 5.24. The Hall–Kier alpha value is -3.29. The standard InChI is InChI=1S/C21H14ClN3O3S/c1-13(26)25(17-5-3-2-4-6-17)21-23-16(12-29-21)11-18-20(27)28-19(24-18)14-7-9-15(22)10-8-14/h2-12H,1H3/b18-11+. The van der Waals surface area contributed by atoms with Gasteiger partial charge in [0.2, 0.25) is 11.8 Å². The lowest BCUT2D eigenvalue weighted by molar-refractivity contribution is -0.130. The summed E-state index contributed by atoms with van der Waals surface area (Å²) in [7, 11) is 0. The van der Waals surface area contributed by atoms with Crippen molar-refractivity contribution in [3.8, 4) is 0 Å². The zero-order chi connectivity index (χ0) is 20.4. The van der Waals surface area contributed by atoms with Gasteiger partial charge in [-0.15, -0.1) is 11.3 Å². The number of cyclic esters (lactones) is 1. The zero-order valence-electron chi connectivity index (χ0n) is 15.2. The van der Waals surface area contributed by atoms with Crippen molar-refractivity contribution < 1.29 is 14.3 Å². The van der Waals surface area contributed by atoms with E-state index in [1.165, 1.54) is 29.2 Å². The predicted molar refractivity (Wildman–Crippen MR) is 113 cm³/mol. The van der Waals surface area contributed by atoms with Crippen molar-refractivity contribution in [3.63, 3.8) is 0 Å². The number of nitrogens with zero attached hydrogens (tertiary/aromatic N) is 3. The molecule has 0 bridgehead atoms. The van der Waals surface area contributed by atoms with E-state index in [9.17, 15) is 9.59 Å². The van der Waals surface area contributed by atoms with Gasteiger partial charge in [-0.3, -0.25) is 9.69 Å². The fourth-order valence-corrected chi connectivity index (χ4v) is 3.68. The Balaban J connectivity index is 1.62. The molecule has 4 rings (SSSR count). The third-order valence-corrected chi connectivity index (χ3v) is 5.12. The van der Waals surface area contributed by atoms with E-state index in [0.29, 0.717) is 21.4 Å². The Morgan fingerprint density at radius 1 is 1.14 bits per heavy atom. The third-order valence-electron chi connectivity index (χ3n) is 4.03. The maximum atomic E-state index is 12.2. The Labute approximate surface area is 175 Å². The second-order valence-electron chi connectivity index (χ2n) is 6.09. The minimum absolute atomic E-state index is 0.140. The van der Waals surface area contributed by atoms with Crippen LogP contribution in [0.5, 0.6) is 0 Å². The van der Waals surface area contributed by atoms with Crippen molar-refractivity contribution in [1.29, 1.82) is 0 Å². The first-order valence-corrected chi connectivity index (χ1v) is 9.87. The van der Waals surface area contributed by atoms with Gasteiger partial charge in [0.1, 0.15) is 0 Å². The number of aromatic nitrogens is 1. The molecular formula is C21H14ClN3O3S. The molecule has 29 heavy (non-hydrogen) atoms. The maximum Gasteiger partial charge on any atom is 0.363 e. The highest BCUT2D eigenvalue weighted by Gasteiger charge is 2.25. The molecule has 0 radical (unpaired) electrons. The number of carbonyl (C=O) groups excluding carboxylic acids is 2. The van der Waals surface area contributed by atoms with Gasteiger partial charge in [0.25, 0.3) is 0 Å². The van der Waals surface area contributed by atoms with Crippen molar-refractivity contribution in [2.45, 2.75) is 6.92 Å². The molecular weight excluding hydrogens is 410 g/mol. The molecule has 0 saturated carbocycles. The lowest BCUT2D eigenvalue weighted by atomic mass is 10.2. The molecule has 0 unspecified atom stereocenters. The van der Waals surface area contributed by atoms with E-state index in [1.54, 1.807) is 29.6 Å². The SMILES string of the molecule is CC(=O)N(c1ccccc1)c1nc(/C=C2/N=C(c3ccc(Cl)cc3)OC2=O)cs1. The molecule has 2 heterocycles. The first-order valence-electron chi connectivity index (χ1n) is 8.61. The van der Waals surface area contributed by atoms with Gasteiger partial charge in [-0.1, -0.05) is 29.8 Å². The highest BCUT2D eigenvalue weighted by molar-refractivity contribution is 7.14. The summed E-state index contributed by atoms with van der Waals surface area (Å²) in [6, 6.07) is 16.1. The second kappa shape index (κ2) is 7.98. The summed E-state index contributed by atoms with van der Waals surface area (Å²) in [4.78, 5) is 34.6. The maximum absolute atomic E-state index is 12.2. The number of aliphatic imine (C=N–C) groups is 1. The molecule has 1 aromatic heterocycles. The van der Waals surface area contributed by atoms with Gasteiger partial charge in [-0.25, -0.2) is 14.8 Å². The Bertz CT molecular complexity index is 1140. The monoisotopic (exact) mass is 423 g/mol. The molecule has 0 N–H and O–H groups in total. The van der Waals surface area contributed by atoms with Gasteiger partial charge < -0.3 is 4.74 Å². The second-order valence-corrected chi connectivity index (χ2v) is 7.36. The van der Waals surface area contributed by atoms with Crippen molar-refractivity contribution in [1.82, 2.24) is 4.98 Å². The average molecular weight is 424 g/mol. The third kappa shape index (κ3) is 4.11. The topological polar surface area (TPSA) is 71.9 Å². The molecule has 1 aliphatic rings. The fraction of sp³-hybridized carbons (Fsp3) is 0.0476. The molecule has 144 valence electrons. The average Bonchev–Trinajstić information content (AvgIpc) is 3.30. The van der Waals surface area contributed by atoms with Crippen LogP contribution in [0.25, 0.3) is 6.08 Å². The van der Waals surface area contributed by atoms with Crippen LogP contribution in [0.2, 0.25) is 5.02 Å². The number of amides is 1. The van der Waals surface area contributed by atoms with E-state index in [-0.39, 0.29) is 17.5 Å². The minimum Gasteiger partial charge on any atom is -0.402 e. The van der Waals surface area contributed by atoms with Crippen LogP contribution in [0.4, 0.5) is 10.8 Å². The van der Waals surface area contributed by atoms with Gasteiger partial charge in [-0.2, -0.15) is 0 Å². The summed E-state index contributed by atoms with van der Waals surface area (Å²) in [5.41, 5.74) is 2.02. The van der Waals surface area contributed by atoms with Gasteiger partial charge in [0.05, 0.1) is 11.4 Å². The number of hydrogen-bond donors (Lipinski definition) is 0. The normalized spacial score (nSPS) is 14.6. The van der Waals surface area contributed by atoms with Gasteiger partial charge in [-0.05, 0) is 42.5 Å². The van der Waals surface area contributed by atoms with Crippen LogP contribution in [0.15, 0.2) is 70.7 Å². The zero-order valence-corrected chi connectivity index (χ0v) is 16.8. The van der Waals surface area contributed by atoms with E-state index >= 15 is 0 Å². The number of anilines is 2. The Morgan fingerprint density at radius 2 is 1.86 bits per heavy atom. The molecule has 0 saturated heterocycles. The molecule has 0 fully saturated rings. The number of benzene rings is 2. The van der Waals surface area contributed by atoms with Crippen LogP contribution in [0.3, 0.4) is 0 Å². The van der Waals surface area contributed by atoms with Crippen molar-refractivity contribution in [2.24, 2.45) is 4.99 Å². The highest BCUT2D eigenvalue weighted by Crippen LogP contribution is 2.30. The van der Waals surface area contributed by atoms with Crippen LogP contribution in [0.1, 0.15) is 18.2 Å². The highest BCUT2D eigenvalue weighted by atomic mass is 35.5. The summed E-state index contributed by atoms with van der Waals surface area (Å²) in [5.74, 6) is -0.507. The van der Waals surface area contributed by atoms with Crippen LogP contribution in [0, 0.1) is 0 Å². The van der Waals surface area contributed by atoms with E-state index < -0.39 is 5.97 Å². The van der Waals surface area contributed by atoms with Crippen LogP contribution >= 0.6 is 22.9 Å². The molecule has 0 spiro atoms. The molecule has 1 aliphatic heterocycles. The van der Waals surface area contributed by atoms with Crippen molar-refractivity contribution in [3.05, 3.63) is 82.0 Å². The van der Waals surface area contributed by atoms with Crippen LogP contribution in [-0.4, -0.2) is 22.8 Å². The first-order chi connectivity index (χ1) is 14.0. The Kier molecular flexibility index (Phi) is 5.24. The number of rotatable bonds is 4. The fourth-order valence-electron chi connectivity index (χ4n) is 2.71. The molecule has 6 nitrogen and oxygen atoms in total. The molecule has 2 aromatic carbocycles. The molecule has 0 aliphatic carbocycles. The summed E-state index contributed by atoms with van der Waals surface area (Å²) in [5, 5.41) is 2.84. The van der Waals surface area contributed by atoms with E-state index in [2.05, 4.69) is 9.98 Å². The van der Waals surface area contributed by atoms with Gasteiger partial charge >= 0.3 is 5.97 Å². The number of halogens is 1. The lowest BCUT2D eigenvalue weighted by Gasteiger charge is -2.17. The number of hydrogen-bond acceptors (Lipinski definition) is 6. The van der Waals surface area contributed by atoms with Crippen LogP contribution < -0.4 is 4.90 Å². The number of ether oxygens (including phenoxy) is 1. The lowest BCUT2D eigenvalue weighted by Crippen LogP contribution is -2.22. The Morgan fingerprint density at radius 3 is 2.55 bits per heavy atom.